The molecular weight excluding hydrogens is 703 g/mol. The summed E-state index contributed by atoms with van der Waals surface area (Å²) >= 11 is 1.78. The van der Waals surface area contributed by atoms with E-state index in [0.29, 0.717) is 17.5 Å². The summed E-state index contributed by atoms with van der Waals surface area (Å²) in [5, 5.41) is 4.62. The van der Waals surface area contributed by atoms with Gasteiger partial charge in [-0.1, -0.05) is 158 Å². The summed E-state index contributed by atoms with van der Waals surface area (Å²) < 4.78 is 9.06. The van der Waals surface area contributed by atoms with Gasteiger partial charge in [0, 0.05) is 53.2 Å². The average Bonchev–Trinajstić information content (AvgIpc) is 3.86. The van der Waals surface area contributed by atoms with Crippen LogP contribution in [0.1, 0.15) is 0 Å². The molecule has 8 aromatic carbocycles. The van der Waals surface area contributed by atoms with Crippen LogP contribution in [-0.2, 0) is 0 Å². The number of aromatic nitrogens is 3. The van der Waals surface area contributed by atoms with E-state index in [0.717, 1.165) is 65.6 Å². The molecule has 11 aromatic rings. The molecule has 0 N–H and O–H groups in total. The highest BCUT2D eigenvalue weighted by Gasteiger charge is 2.20. The van der Waals surface area contributed by atoms with Crippen molar-refractivity contribution in [2.75, 3.05) is 0 Å². The van der Waals surface area contributed by atoms with Gasteiger partial charge >= 0.3 is 0 Å². The number of benzene rings is 8. The molecule has 0 unspecified atom stereocenters. The Kier molecular flexibility index (Phi) is 7.64. The van der Waals surface area contributed by atoms with Crippen LogP contribution in [0.5, 0.6) is 0 Å². The Bertz CT molecular complexity index is 3180. The number of nitrogens with zero attached hydrogens (tertiary/aromatic N) is 3. The largest absolute Gasteiger partial charge is 0.455 e. The van der Waals surface area contributed by atoms with Gasteiger partial charge in [0.15, 0.2) is 17.5 Å². The van der Waals surface area contributed by atoms with E-state index in [1.54, 1.807) is 11.3 Å². The Balaban J connectivity index is 1.07. The van der Waals surface area contributed by atoms with Gasteiger partial charge in [0.25, 0.3) is 0 Å². The molecule has 0 bridgehead atoms. The normalized spacial score (nSPS) is 11.6. The maximum atomic E-state index is 6.71. The van der Waals surface area contributed by atoms with Gasteiger partial charge in [0.2, 0.25) is 0 Å². The second-order valence-electron chi connectivity index (χ2n) is 13.9. The van der Waals surface area contributed by atoms with Gasteiger partial charge in [-0.15, -0.1) is 11.3 Å². The number of rotatable bonds is 6. The molecule has 0 saturated carbocycles. The van der Waals surface area contributed by atoms with Crippen LogP contribution < -0.4 is 0 Å². The van der Waals surface area contributed by atoms with Crippen molar-refractivity contribution in [3.8, 4) is 67.5 Å². The lowest BCUT2D eigenvalue weighted by Gasteiger charge is -2.10. The number of hydrogen-bond donors (Lipinski definition) is 0. The Morgan fingerprint density at radius 2 is 0.929 bits per heavy atom. The number of thiophene rings is 1. The monoisotopic (exact) mass is 733 g/mol. The first-order chi connectivity index (χ1) is 27.7. The molecule has 4 nitrogen and oxygen atoms in total. The maximum Gasteiger partial charge on any atom is 0.165 e. The molecule has 3 heterocycles. The van der Waals surface area contributed by atoms with E-state index < -0.39 is 0 Å². The molecule has 0 radical (unpaired) electrons. The first-order valence-electron chi connectivity index (χ1n) is 18.7. The van der Waals surface area contributed by atoms with Crippen LogP contribution in [0.15, 0.2) is 192 Å². The van der Waals surface area contributed by atoms with E-state index in [1.807, 2.05) is 66.7 Å². The molecule has 0 atom stereocenters. The third kappa shape index (κ3) is 5.48. The highest BCUT2D eigenvalue weighted by molar-refractivity contribution is 7.26. The van der Waals surface area contributed by atoms with Gasteiger partial charge < -0.3 is 4.42 Å². The molecule has 0 spiro atoms. The minimum atomic E-state index is 0.654. The summed E-state index contributed by atoms with van der Waals surface area (Å²) in [6, 6.07) is 65.6. The Hall–Kier alpha value is -7.21. The van der Waals surface area contributed by atoms with E-state index in [9.17, 15) is 0 Å². The molecule has 56 heavy (non-hydrogen) atoms. The van der Waals surface area contributed by atoms with Gasteiger partial charge in [-0.3, -0.25) is 0 Å². The van der Waals surface area contributed by atoms with Crippen LogP contribution in [0.25, 0.3) is 110 Å². The molecule has 0 aliphatic carbocycles. The number of hydrogen-bond acceptors (Lipinski definition) is 5. The Morgan fingerprint density at radius 3 is 1.68 bits per heavy atom. The summed E-state index contributed by atoms with van der Waals surface area (Å²) in [5.74, 6) is 1.97. The molecule has 0 aliphatic heterocycles. The quantitative estimate of drug-likeness (QED) is 0.171. The fraction of sp³-hybridized carbons (Fsp3) is 0. The molecule has 0 fully saturated rings. The van der Waals surface area contributed by atoms with Crippen LogP contribution in [0.4, 0.5) is 0 Å². The highest BCUT2D eigenvalue weighted by Crippen LogP contribution is 2.45. The van der Waals surface area contributed by atoms with Gasteiger partial charge in [-0.25, -0.2) is 15.0 Å². The van der Waals surface area contributed by atoms with Crippen molar-refractivity contribution >= 4 is 53.4 Å². The SMILES string of the molecule is c1ccc(-c2cccc(-c3ccc(-c4ccc5c(c4)sc4c(-c6nc(-c7ccccc7)nc(-c7ccccc7)n6)cccc45)c4c3oc3ccccc34)c2)cc1. The number of furan rings is 1. The first kappa shape index (κ1) is 32.2. The lowest BCUT2D eigenvalue weighted by Crippen LogP contribution is -2.00. The van der Waals surface area contributed by atoms with Crippen LogP contribution in [0, 0.1) is 0 Å². The number of para-hydroxylation sites is 1. The standard InChI is InChI=1S/C51H31N3OS/c1-4-14-32(15-5-1)35-20-12-21-36(30-35)39-29-28-38(46-42-22-10-11-25-44(42)55-47(39)46)37-26-27-40-41-23-13-24-43(48(41)56-45(40)31-37)51-53-49(33-16-6-2-7-17-33)52-50(54-51)34-18-8-3-9-19-34/h1-31H. The van der Waals surface area contributed by atoms with Gasteiger partial charge in [-0.05, 0) is 58.1 Å². The maximum absolute atomic E-state index is 6.71. The summed E-state index contributed by atoms with van der Waals surface area (Å²) in [7, 11) is 0. The van der Waals surface area contributed by atoms with Crippen molar-refractivity contribution in [3.63, 3.8) is 0 Å². The predicted octanol–water partition coefficient (Wildman–Crippen LogP) is 14.1. The molecular formula is C51H31N3OS. The van der Waals surface area contributed by atoms with Crippen LogP contribution in [0.3, 0.4) is 0 Å². The van der Waals surface area contributed by atoms with E-state index in [4.69, 9.17) is 19.4 Å². The minimum absolute atomic E-state index is 0.654. The number of fused-ring (bicyclic) bond motifs is 6. The third-order valence-corrected chi connectivity index (χ3v) is 11.8. The molecule has 11 rings (SSSR count). The second-order valence-corrected chi connectivity index (χ2v) is 15.0. The van der Waals surface area contributed by atoms with Gasteiger partial charge in [0.05, 0.1) is 0 Å². The van der Waals surface area contributed by atoms with Gasteiger partial charge in [0.1, 0.15) is 11.2 Å². The van der Waals surface area contributed by atoms with E-state index in [1.165, 1.54) is 26.6 Å². The van der Waals surface area contributed by atoms with Crippen molar-refractivity contribution in [3.05, 3.63) is 188 Å². The highest BCUT2D eigenvalue weighted by atomic mass is 32.1. The Morgan fingerprint density at radius 1 is 0.357 bits per heavy atom. The molecule has 262 valence electrons. The van der Waals surface area contributed by atoms with Gasteiger partial charge in [-0.2, -0.15) is 0 Å². The summed E-state index contributed by atoms with van der Waals surface area (Å²) in [5.41, 5.74) is 11.5. The lowest BCUT2D eigenvalue weighted by molar-refractivity contribution is 0.670. The van der Waals surface area contributed by atoms with Crippen LogP contribution in [0.2, 0.25) is 0 Å². The summed E-state index contributed by atoms with van der Waals surface area (Å²) in [4.78, 5) is 15.1. The molecule has 3 aromatic heterocycles. The van der Waals surface area contributed by atoms with E-state index in [-0.39, 0.29) is 0 Å². The first-order valence-corrected chi connectivity index (χ1v) is 19.5. The van der Waals surface area contributed by atoms with E-state index >= 15 is 0 Å². The fourth-order valence-electron chi connectivity index (χ4n) is 7.86. The summed E-state index contributed by atoms with van der Waals surface area (Å²) in [6.07, 6.45) is 0. The zero-order valence-corrected chi connectivity index (χ0v) is 30.9. The predicted molar refractivity (Wildman–Crippen MR) is 233 cm³/mol. The average molecular weight is 734 g/mol. The summed E-state index contributed by atoms with van der Waals surface area (Å²) in [6.45, 7) is 0. The smallest absolute Gasteiger partial charge is 0.165 e. The van der Waals surface area contributed by atoms with Crippen molar-refractivity contribution < 1.29 is 4.42 Å². The lowest BCUT2D eigenvalue weighted by atomic mass is 9.93. The van der Waals surface area contributed by atoms with Crippen LogP contribution >= 0.6 is 11.3 Å². The molecule has 0 amide bonds. The molecule has 5 heteroatoms. The van der Waals surface area contributed by atoms with E-state index in [2.05, 4.69) is 121 Å². The second kappa shape index (κ2) is 13.3. The van der Waals surface area contributed by atoms with Crippen LogP contribution in [-0.4, -0.2) is 15.0 Å². The fourth-order valence-corrected chi connectivity index (χ4v) is 9.11. The third-order valence-electron chi connectivity index (χ3n) is 10.6. The topological polar surface area (TPSA) is 51.8 Å². The molecule has 0 aliphatic rings. The van der Waals surface area contributed by atoms with Crippen molar-refractivity contribution in [1.82, 2.24) is 15.0 Å². The zero-order chi connectivity index (χ0) is 37.0. The van der Waals surface area contributed by atoms with Crippen molar-refractivity contribution in [2.24, 2.45) is 0 Å². The molecule has 0 saturated heterocycles. The van der Waals surface area contributed by atoms with Crippen molar-refractivity contribution in [1.29, 1.82) is 0 Å². The van der Waals surface area contributed by atoms with Crippen molar-refractivity contribution in [2.45, 2.75) is 0 Å². The minimum Gasteiger partial charge on any atom is -0.455 e. The zero-order valence-electron chi connectivity index (χ0n) is 30.1. The Labute approximate surface area is 327 Å².